The number of phenolic OH excluding ortho intramolecular Hbond substituents is 1. The van der Waals surface area contributed by atoms with E-state index in [0.29, 0.717) is 28.0 Å². The van der Waals surface area contributed by atoms with Crippen molar-refractivity contribution in [3.05, 3.63) is 101 Å². The molecule has 0 radical (unpaired) electrons. The van der Waals surface area contributed by atoms with E-state index < -0.39 is 0 Å². The molecule has 0 fully saturated rings. The molecule has 9 heteroatoms. The number of nitrogens with zero attached hydrogens (tertiary/aromatic N) is 4. The Hall–Kier alpha value is -3.88. The first-order chi connectivity index (χ1) is 17.5. The maximum absolute atomic E-state index is 12.5. The summed E-state index contributed by atoms with van der Waals surface area (Å²) in [5.74, 6) is 0.526. The minimum Gasteiger partial charge on any atom is -0.507 e. The van der Waals surface area contributed by atoms with Crippen molar-refractivity contribution in [2.24, 2.45) is 5.10 Å². The second-order valence-corrected chi connectivity index (χ2v) is 9.29. The number of carbonyl (C=O) groups is 1. The highest BCUT2D eigenvalue weighted by Crippen LogP contribution is 2.29. The Kier molecular flexibility index (Phi) is 8.20. The van der Waals surface area contributed by atoms with Crippen molar-refractivity contribution in [2.45, 2.75) is 18.5 Å². The molecule has 1 aromatic heterocycles. The average molecular weight is 518 g/mol. The second kappa shape index (κ2) is 11.7. The molecular formula is C27H24ClN5O2S. The van der Waals surface area contributed by atoms with Crippen molar-refractivity contribution in [3.63, 3.8) is 0 Å². The molecule has 0 atom stereocenters. The quantitative estimate of drug-likeness (QED) is 0.131. The van der Waals surface area contributed by atoms with Gasteiger partial charge in [-0.25, -0.2) is 5.43 Å². The average Bonchev–Trinajstić information content (AvgIpc) is 3.30. The number of halogens is 1. The molecule has 7 nitrogen and oxygen atoms in total. The van der Waals surface area contributed by atoms with E-state index in [2.05, 4.69) is 27.3 Å². The van der Waals surface area contributed by atoms with Crippen LogP contribution in [0.5, 0.6) is 5.75 Å². The van der Waals surface area contributed by atoms with E-state index in [1.807, 2.05) is 60.0 Å². The third-order valence-corrected chi connectivity index (χ3v) is 6.45. The molecule has 1 amide bonds. The maximum Gasteiger partial charge on any atom is 0.250 e. The monoisotopic (exact) mass is 517 g/mol. The van der Waals surface area contributed by atoms with Crippen molar-refractivity contribution >= 4 is 35.5 Å². The van der Waals surface area contributed by atoms with Gasteiger partial charge in [-0.05, 0) is 49.2 Å². The highest BCUT2D eigenvalue weighted by atomic mass is 35.5. The van der Waals surface area contributed by atoms with Crippen molar-refractivity contribution in [1.82, 2.24) is 20.2 Å². The van der Waals surface area contributed by atoms with Crippen LogP contribution < -0.4 is 5.43 Å². The number of hydrazone groups is 1. The van der Waals surface area contributed by atoms with Crippen molar-refractivity contribution in [3.8, 4) is 22.8 Å². The van der Waals surface area contributed by atoms with Gasteiger partial charge >= 0.3 is 0 Å². The highest BCUT2D eigenvalue weighted by molar-refractivity contribution is 7.99. The predicted octanol–water partition coefficient (Wildman–Crippen LogP) is 5.57. The van der Waals surface area contributed by atoms with E-state index in [4.69, 9.17) is 11.6 Å². The lowest BCUT2D eigenvalue weighted by atomic mass is 10.1. The third-order valence-electron chi connectivity index (χ3n) is 5.27. The number of para-hydroxylation sites is 1. The number of hydrogen-bond donors (Lipinski definition) is 2. The first-order valence-electron chi connectivity index (χ1n) is 11.1. The minimum atomic E-state index is -0.319. The standard InChI is InChI=1S/C27H24ClN5O2S/c1-3-5-19-6-4-7-21(25(19)35)16-29-30-24(34)17-36-27-32-31-26(20-10-8-18(2)9-11-20)33(27)23-14-12-22(28)13-15-23/h3-4,6-16,35H,1,5,17H2,2H3,(H,30,34). The summed E-state index contributed by atoms with van der Waals surface area (Å²) in [5.41, 5.74) is 6.62. The molecule has 0 saturated carbocycles. The van der Waals surface area contributed by atoms with Crippen LogP contribution in [0.3, 0.4) is 0 Å². The first kappa shape index (κ1) is 25.2. The summed E-state index contributed by atoms with van der Waals surface area (Å²) in [6.45, 7) is 5.71. The maximum atomic E-state index is 12.5. The van der Waals surface area contributed by atoms with Gasteiger partial charge in [0.25, 0.3) is 5.91 Å². The van der Waals surface area contributed by atoms with Crippen LogP contribution in [-0.4, -0.2) is 37.7 Å². The number of hydrogen-bond acceptors (Lipinski definition) is 6. The molecule has 0 saturated heterocycles. The number of aromatic hydroxyl groups is 1. The first-order valence-corrected chi connectivity index (χ1v) is 12.5. The number of allylic oxidation sites excluding steroid dienone is 1. The smallest absolute Gasteiger partial charge is 0.250 e. The van der Waals surface area contributed by atoms with Crippen LogP contribution in [0, 0.1) is 6.92 Å². The minimum absolute atomic E-state index is 0.0689. The molecule has 1 heterocycles. The van der Waals surface area contributed by atoms with Crippen molar-refractivity contribution in [2.75, 3.05) is 5.75 Å². The molecule has 182 valence electrons. The summed E-state index contributed by atoms with van der Waals surface area (Å²) in [7, 11) is 0. The highest BCUT2D eigenvalue weighted by Gasteiger charge is 2.17. The molecule has 0 spiro atoms. The van der Waals surface area contributed by atoms with Crippen LogP contribution in [0.2, 0.25) is 5.02 Å². The Bertz CT molecular complexity index is 1400. The number of amides is 1. The molecule has 0 aliphatic heterocycles. The van der Waals surface area contributed by atoms with Crippen LogP contribution in [0.15, 0.2) is 89.6 Å². The normalized spacial score (nSPS) is 11.1. The molecule has 3 aromatic carbocycles. The number of rotatable bonds is 9. The number of aromatic nitrogens is 3. The fourth-order valence-corrected chi connectivity index (χ4v) is 4.32. The summed E-state index contributed by atoms with van der Waals surface area (Å²) in [6.07, 6.45) is 3.66. The lowest BCUT2D eigenvalue weighted by Gasteiger charge is -2.10. The lowest BCUT2D eigenvalue weighted by molar-refractivity contribution is -0.118. The molecule has 0 bridgehead atoms. The largest absolute Gasteiger partial charge is 0.507 e. The Balaban J connectivity index is 1.49. The number of thioether (sulfide) groups is 1. The molecule has 0 aliphatic rings. The molecule has 0 unspecified atom stereocenters. The summed E-state index contributed by atoms with van der Waals surface area (Å²) in [4.78, 5) is 12.5. The Morgan fingerprint density at radius 3 is 2.61 bits per heavy atom. The van der Waals surface area contributed by atoms with Gasteiger partial charge in [-0.1, -0.05) is 71.4 Å². The van der Waals surface area contributed by atoms with Crippen LogP contribution in [-0.2, 0) is 11.2 Å². The van der Waals surface area contributed by atoms with Crippen molar-refractivity contribution in [1.29, 1.82) is 0 Å². The number of phenols is 1. The SMILES string of the molecule is C=CCc1cccc(C=NNC(=O)CSc2nnc(-c3ccc(C)cc3)n2-c2ccc(Cl)cc2)c1O. The molecular weight excluding hydrogens is 494 g/mol. The van der Waals surface area contributed by atoms with E-state index in [0.717, 1.165) is 22.4 Å². The van der Waals surface area contributed by atoms with Crippen molar-refractivity contribution < 1.29 is 9.90 Å². The number of carbonyl (C=O) groups excluding carboxylic acids is 1. The van der Waals surface area contributed by atoms with Gasteiger partial charge in [-0.3, -0.25) is 9.36 Å². The second-order valence-electron chi connectivity index (χ2n) is 7.91. The van der Waals surface area contributed by atoms with E-state index in [1.165, 1.54) is 18.0 Å². The van der Waals surface area contributed by atoms with E-state index in [1.54, 1.807) is 24.3 Å². The number of aryl methyl sites for hydroxylation is 1. The van der Waals surface area contributed by atoms with Gasteiger partial charge in [0.2, 0.25) is 0 Å². The van der Waals surface area contributed by atoms with E-state index >= 15 is 0 Å². The summed E-state index contributed by atoms with van der Waals surface area (Å²) < 4.78 is 1.89. The van der Waals surface area contributed by atoms with E-state index in [9.17, 15) is 9.90 Å². The number of nitrogens with one attached hydrogen (secondary N) is 1. The fourth-order valence-electron chi connectivity index (χ4n) is 3.45. The van der Waals surface area contributed by atoms with Gasteiger partial charge in [-0.15, -0.1) is 16.8 Å². The zero-order valence-electron chi connectivity index (χ0n) is 19.6. The fraction of sp³-hybridized carbons (Fsp3) is 0.111. The molecule has 0 aliphatic carbocycles. The topological polar surface area (TPSA) is 92.4 Å². The van der Waals surface area contributed by atoms with Gasteiger partial charge in [0.15, 0.2) is 11.0 Å². The molecule has 2 N–H and O–H groups in total. The Morgan fingerprint density at radius 1 is 1.14 bits per heavy atom. The van der Waals surface area contributed by atoms with Gasteiger partial charge < -0.3 is 5.11 Å². The van der Waals surface area contributed by atoms with Gasteiger partial charge in [-0.2, -0.15) is 5.10 Å². The molecule has 4 rings (SSSR count). The molecule has 36 heavy (non-hydrogen) atoms. The summed E-state index contributed by atoms with van der Waals surface area (Å²) >= 11 is 7.33. The third kappa shape index (κ3) is 6.02. The van der Waals surface area contributed by atoms with Gasteiger partial charge in [0.05, 0.1) is 12.0 Å². The van der Waals surface area contributed by atoms with Gasteiger partial charge in [0, 0.05) is 21.8 Å². The molecule has 4 aromatic rings. The zero-order chi connectivity index (χ0) is 25.5. The summed E-state index contributed by atoms with van der Waals surface area (Å²) in [5, 5.41) is 24.2. The lowest BCUT2D eigenvalue weighted by Crippen LogP contribution is -2.20. The van der Waals surface area contributed by atoms with Gasteiger partial charge in [0.1, 0.15) is 5.75 Å². The summed E-state index contributed by atoms with van der Waals surface area (Å²) in [6, 6.07) is 20.7. The van der Waals surface area contributed by atoms with Crippen LogP contribution in [0.1, 0.15) is 16.7 Å². The van der Waals surface area contributed by atoms with Crippen LogP contribution >= 0.6 is 23.4 Å². The zero-order valence-corrected chi connectivity index (χ0v) is 21.1. The number of benzene rings is 3. The Labute approximate surface area is 218 Å². The van der Waals surface area contributed by atoms with E-state index in [-0.39, 0.29) is 17.4 Å². The van der Waals surface area contributed by atoms with Crippen LogP contribution in [0.25, 0.3) is 17.1 Å². The van der Waals surface area contributed by atoms with Crippen LogP contribution in [0.4, 0.5) is 0 Å². The predicted molar refractivity (Wildman–Crippen MR) is 145 cm³/mol. The Morgan fingerprint density at radius 2 is 1.89 bits per heavy atom.